The summed E-state index contributed by atoms with van der Waals surface area (Å²) in [6.45, 7) is 1.72. The van der Waals surface area contributed by atoms with Crippen LogP contribution in [-0.2, 0) is 19.5 Å². The van der Waals surface area contributed by atoms with Crippen LogP contribution in [0.3, 0.4) is 0 Å². The molecule has 0 amide bonds. The molecule has 0 saturated heterocycles. The Bertz CT molecular complexity index is 626. The number of hydrogen-bond acceptors (Lipinski definition) is 2. The highest BCUT2D eigenvalue weighted by Crippen LogP contribution is 2.10. The molecule has 0 unspecified atom stereocenters. The normalized spacial score (nSPS) is 10.8. The van der Waals surface area contributed by atoms with Crippen LogP contribution >= 0.6 is 0 Å². The average Bonchev–Trinajstić information content (AvgIpc) is 3.13. The third-order valence-corrected chi connectivity index (χ3v) is 3.24. The second-order valence-corrected chi connectivity index (χ2v) is 4.85. The Hall–Kier alpha value is -2.26. The van der Waals surface area contributed by atoms with E-state index in [1.54, 1.807) is 6.26 Å². The Balaban J connectivity index is 1.50. The standard InChI is InChI=1S/C17H18N2O/c1-2-5-14(6-3-1)12-18-13-16-9-8-15(19-16)11-17-7-4-10-20-17/h1-10,18-19H,11-13H2. The molecule has 3 rings (SSSR count). The molecule has 20 heavy (non-hydrogen) atoms. The molecule has 3 nitrogen and oxygen atoms in total. The van der Waals surface area contributed by atoms with Crippen LogP contribution < -0.4 is 5.32 Å². The van der Waals surface area contributed by atoms with Crippen LogP contribution in [-0.4, -0.2) is 4.98 Å². The lowest BCUT2D eigenvalue weighted by atomic mass is 10.2. The molecule has 0 aliphatic rings. The number of H-pyrrole nitrogens is 1. The lowest BCUT2D eigenvalue weighted by Crippen LogP contribution is -2.12. The van der Waals surface area contributed by atoms with E-state index >= 15 is 0 Å². The van der Waals surface area contributed by atoms with Crippen LogP contribution in [0.25, 0.3) is 0 Å². The number of nitrogens with one attached hydrogen (secondary N) is 2. The fraction of sp³-hybridized carbons (Fsp3) is 0.176. The minimum Gasteiger partial charge on any atom is -0.469 e. The minimum absolute atomic E-state index is 0.811. The maximum Gasteiger partial charge on any atom is 0.109 e. The monoisotopic (exact) mass is 266 g/mol. The van der Waals surface area contributed by atoms with Crippen LogP contribution in [0.5, 0.6) is 0 Å². The molecule has 2 heterocycles. The van der Waals surface area contributed by atoms with Gasteiger partial charge in [0.25, 0.3) is 0 Å². The fourth-order valence-corrected chi connectivity index (χ4v) is 2.24. The van der Waals surface area contributed by atoms with E-state index in [0.29, 0.717) is 0 Å². The Morgan fingerprint density at radius 1 is 0.850 bits per heavy atom. The van der Waals surface area contributed by atoms with Gasteiger partial charge in [-0.3, -0.25) is 0 Å². The maximum atomic E-state index is 5.35. The zero-order chi connectivity index (χ0) is 13.6. The molecule has 1 aromatic carbocycles. The second-order valence-electron chi connectivity index (χ2n) is 4.85. The van der Waals surface area contributed by atoms with Gasteiger partial charge >= 0.3 is 0 Å². The zero-order valence-corrected chi connectivity index (χ0v) is 11.3. The lowest BCUT2D eigenvalue weighted by Gasteiger charge is -2.03. The van der Waals surface area contributed by atoms with E-state index in [4.69, 9.17) is 4.42 Å². The molecule has 0 spiro atoms. The molecule has 0 saturated carbocycles. The first-order valence-electron chi connectivity index (χ1n) is 6.84. The van der Waals surface area contributed by atoms with Gasteiger partial charge in [0.15, 0.2) is 0 Å². The van der Waals surface area contributed by atoms with E-state index in [0.717, 1.165) is 25.3 Å². The summed E-state index contributed by atoms with van der Waals surface area (Å²) in [5.41, 5.74) is 3.67. The number of hydrogen-bond donors (Lipinski definition) is 2. The Labute approximate surface area is 118 Å². The van der Waals surface area contributed by atoms with Gasteiger partial charge in [-0.05, 0) is 29.8 Å². The fourth-order valence-electron chi connectivity index (χ4n) is 2.24. The predicted molar refractivity (Wildman–Crippen MR) is 79.3 cm³/mol. The molecule has 0 atom stereocenters. The highest BCUT2D eigenvalue weighted by molar-refractivity contribution is 5.18. The van der Waals surface area contributed by atoms with Crippen molar-refractivity contribution in [1.29, 1.82) is 0 Å². The van der Waals surface area contributed by atoms with E-state index in [2.05, 4.69) is 46.7 Å². The molecule has 0 radical (unpaired) electrons. The van der Waals surface area contributed by atoms with Crippen molar-refractivity contribution >= 4 is 0 Å². The van der Waals surface area contributed by atoms with Gasteiger partial charge in [-0.2, -0.15) is 0 Å². The second kappa shape index (κ2) is 6.26. The van der Waals surface area contributed by atoms with Crippen LogP contribution in [0.15, 0.2) is 65.3 Å². The summed E-state index contributed by atoms with van der Waals surface area (Å²) in [6.07, 6.45) is 2.52. The molecule has 0 aliphatic heterocycles. The van der Waals surface area contributed by atoms with Gasteiger partial charge in [0.2, 0.25) is 0 Å². The number of furan rings is 1. The summed E-state index contributed by atoms with van der Waals surface area (Å²) in [5, 5.41) is 3.44. The van der Waals surface area contributed by atoms with Gasteiger partial charge in [0.1, 0.15) is 5.76 Å². The van der Waals surface area contributed by atoms with Gasteiger partial charge in [0.05, 0.1) is 6.26 Å². The first-order valence-corrected chi connectivity index (χ1v) is 6.84. The smallest absolute Gasteiger partial charge is 0.109 e. The van der Waals surface area contributed by atoms with Crippen molar-refractivity contribution in [2.45, 2.75) is 19.5 Å². The highest BCUT2D eigenvalue weighted by atomic mass is 16.3. The van der Waals surface area contributed by atoms with Crippen molar-refractivity contribution < 1.29 is 4.42 Å². The third-order valence-electron chi connectivity index (χ3n) is 3.24. The molecule has 0 aliphatic carbocycles. The van der Waals surface area contributed by atoms with Crippen molar-refractivity contribution in [2.24, 2.45) is 0 Å². The summed E-state index contributed by atoms with van der Waals surface area (Å²) in [5.74, 6) is 0.982. The maximum absolute atomic E-state index is 5.35. The van der Waals surface area contributed by atoms with Crippen molar-refractivity contribution in [3.63, 3.8) is 0 Å². The summed E-state index contributed by atoms with van der Waals surface area (Å²) < 4.78 is 5.35. The number of aromatic nitrogens is 1. The summed E-state index contributed by atoms with van der Waals surface area (Å²) in [7, 11) is 0. The largest absolute Gasteiger partial charge is 0.469 e. The van der Waals surface area contributed by atoms with Gasteiger partial charge in [-0.25, -0.2) is 0 Å². The van der Waals surface area contributed by atoms with Crippen LogP contribution in [0, 0.1) is 0 Å². The minimum atomic E-state index is 0.811. The lowest BCUT2D eigenvalue weighted by molar-refractivity contribution is 0.519. The molecule has 0 bridgehead atoms. The summed E-state index contributed by atoms with van der Waals surface area (Å²) in [6, 6.07) is 18.6. The van der Waals surface area contributed by atoms with E-state index in [1.807, 2.05) is 18.2 Å². The third kappa shape index (κ3) is 3.39. The summed E-state index contributed by atoms with van der Waals surface area (Å²) >= 11 is 0. The quantitative estimate of drug-likeness (QED) is 0.717. The molecule has 2 aromatic heterocycles. The average molecular weight is 266 g/mol. The first kappa shape index (κ1) is 12.8. The Morgan fingerprint density at radius 3 is 2.50 bits per heavy atom. The number of rotatable bonds is 6. The Morgan fingerprint density at radius 2 is 1.70 bits per heavy atom. The van der Waals surface area contributed by atoms with E-state index in [-0.39, 0.29) is 0 Å². The van der Waals surface area contributed by atoms with Crippen molar-refractivity contribution in [3.8, 4) is 0 Å². The van der Waals surface area contributed by atoms with E-state index in [1.165, 1.54) is 17.0 Å². The Kier molecular flexibility index (Phi) is 3.99. The van der Waals surface area contributed by atoms with E-state index in [9.17, 15) is 0 Å². The van der Waals surface area contributed by atoms with Crippen LogP contribution in [0.1, 0.15) is 22.7 Å². The number of aromatic amines is 1. The highest BCUT2D eigenvalue weighted by Gasteiger charge is 2.02. The van der Waals surface area contributed by atoms with Gasteiger partial charge in [0, 0.05) is 30.9 Å². The SMILES string of the molecule is c1ccc(CNCc2ccc(Cc3ccco3)[nH]2)cc1. The molecule has 3 aromatic rings. The topological polar surface area (TPSA) is 41.0 Å². The van der Waals surface area contributed by atoms with Gasteiger partial charge in [-0.15, -0.1) is 0 Å². The van der Waals surface area contributed by atoms with Crippen LogP contribution in [0.2, 0.25) is 0 Å². The van der Waals surface area contributed by atoms with Gasteiger partial charge in [-0.1, -0.05) is 30.3 Å². The molecular formula is C17H18N2O. The summed E-state index contributed by atoms with van der Waals surface area (Å²) in [4.78, 5) is 3.42. The first-order chi connectivity index (χ1) is 9.90. The van der Waals surface area contributed by atoms with Crippen molar-refractivity contribution in [1.82, 2.24) is 10.3 Å². The molecule has 0 fully saturated rings. The van der Waals surface area contributed by atoms with E-state index < -0.39 is 0 Å². The van der Waals surface area contributed by atoms with Gasteiger partial charge < -0.3 is 14.7 Å². The van der Waals surface area contributed by atoms with Crippen molar-refractivity contribution in [2.75, 3.05) is 0 Å². The molecule has 102 valence electrons. The molecular weight excluding hydrogens is 248 g/mol. The molecule has 2 N–H and O–H groups in total. The number of benzene rings is 1. The molecule has 3 heteroatoms. The predicted octanol–water partition coefficient (Wildman–Crippen LogP) is 3.49. The van der Waals surface area contributed by atoms with Crippen LogP contribution in [0.4, 0.5) is 0 Å². The van der Waals surface area contributed by atoms with Crippen molar-refractivity contribution in [3.05, 3.63) is 83.6 Å². The zero-order valence-electron chi connectivity index (χ0n) is 11.3.